The predicted molar refractivity (Wildman–Crippen MR) is 104 cm³/mol. The molecule has 0 atom stereocenters. The third kappa shape index (κ3) is 4.49. The molecular formula is C20H28N4O4. The van der Waals surface area contributed by atoms with Gasteiger partial charge in [0.1, 0.15) is 12.1 Å². The Morgan fingerprint density at radius 2 is 1.71 bits per heavy atom. The van der Waals surface area contributed by atoms with Crippen molar-refractivity contribution in [2.45, 2.75) is 58.9 Å². The minimum atomic E-state index is -0.941. The van der Waals surface area contributed by atoms with Gasteiger partial charge >= 0.3 is 6.03 Å². The van der Waals surface area contributed by atoms with Crippen LogP contribution in [0, 0.1) is 13.8 Å². The van der Waals surface area contributed by atoms with Gasteiger partial charge in [-0.25, -0.2) is 4.79 Å². The van der Waals surface area contributed by atoms with E-state index in [0.29, 0.717) is 18.4 Å². The normalized spacial score (nSPS) is 15.4. The van der Waals surface area contributed by atoms with Gasteiger partial charge in [-0.05, 0) is 38.3 Å². The van der Waals surface area contributed by atoms with E-state index in [9.17, 15) is 19.2 Å². The average Bonchev–Trinajstić information content (AvgIpc) is 2.84. The number of urea groups is 1. The topological polar surface area (TPSA) is 108 Å². The molecule has 3 N–H and O–H groups in total. The van der Waals surface area contributed by atoms with E-state index >= 15 is 0 Å². The Balaban J connectivity index is 1.98. The van der Waals surface area contributed by atoms with Crippen LogP contribution in [-0.4, -0.2) is 40.7 Å². The number of hydrazine groups is 1. The lowest BCUT2D eigenvalue weighted by atomic mass is 9.88. The van der Waals surface area contributed by atoms with Crippen LogP contribution in [0.4, 0.5) is 4.79 Å². The van der Waals surface area contributed by atoms with Crippen molar-refractivity contribution in [1.29, 1.82) is 0 Å². The number of rotatable bonds is 7. The van der Waals surface area contributed by atoms with Crippen molar-refractivity contribution in [3.05, 3.63) is 34.9 Å². The zero-order chi connectivity index (χ0) is 20.9. The first-order chi connectivity index (χ1) is 13.2. The van der Waals surface area contributed by atoms with Crippen molar-refractivity contribution in [3.63, 3.8) is 0 Å². The lowest BCUT2D eigenvalue weighted by Crippen LogP contribution is -2.49. The smallest absolute Gasteiger partial charge is 0.323 e. The summed E-state index contributed by atoms with van der Waals surface area (Å²) < 4.78 is 0. The minimum Gasteiger partial charge on any atom is -0.323 e. The summed E-state index contributed by atoms with van der Waals surface area (Å²) in [5.74, 6) is -1.50. The first-order valence-electron chi connectivity index (χ1n) is 9.54. The lowest BCUT2D eigenvalue weighted by molar-refractivity contribution is -0.135. The quantitative estimate of drug-likeness (QED) is 0.490. The molecule has 1 fully saturated rings. The second-order valence-electron chi connectivity index (χ2n) is 7.22. The van der Waals surface area contributed by atoms with Crippen LogP contribution in [0.15, 0.2) is 18.2 Å². The SMILES string of the molecule is CCCC1(CCC)NC(=O)N(CC(=O)NNC(=O)c2ccc(C)cc2C)C1=O. The molecule has 0 radical (unpaired) electrons. The first-order valence-corrected chi connectivity index (χ1v) is 9.54. The Kier molecular flexibility index (Phi) is 6.77. The Labute approximate surface area is 165 Å². The molecule has 0 aromatic heterocycles. The van der Waals surface area contributed by atoms with Crippen molar-refractivity contribution >= 4 is 23.8 Å². The van der Waals surface area contributed by atoms with Crippen molar-refractivity contribution in [2.75, 3.05) is 6.54 Å². The summed E-state index contributed by atoms with van der Waals surface area (Å²) in [5.41, 5.74) is 5.90. The molecule has 0 aliphatic carbocycles. The molecule has 1 saturated heterocycles. The van der Waals surface area contributed by atoms with E-state index in [4.69, 9.17) is 0 Å². The van der Waals surface area contributed by atoms with Gasteiger partial charge in [-0.15, -0.1) is 0 Å². The maximum Gasteiger partial charge on any atom is 0.325 e. The fraction of sp³-hybridized carbons (Fsp3) is 0.500. The summed E-state index contributed by atoms with van der Waals surface area (Å²) in [6, 6.07) is 4.76. The summed E-state index contributed by atoms with van der Waals surface area (Å²) in [5, 5.41) is 2.75. The molecule has 1 aliphatic rings. The molecule has 0 saturated carbocycles. The van der Waals surface area contributed by atoms with Crippen LogP contribution in [0.25, 0.3) is 0 Å². The second-order valence-corrected chi connectivity index (χ2v) is 7.22. The van der Waals surface area contributed by atoms with Gasteiger partial charge in [0.2, 0.25) is 0 Å². The number of carbonyl (C=O) groups excluding carboxylic acids is 4. The standard InChI is InChI=1S/C20H28N4O4/c1-5-9-20(10-6-2)18(27)24(19(28)21-20)12-16(25)22-23-17(26)15-8-7-13(3)11-14(15)4/h7-8,11H,5-6,9-10,12H2,1-4H3,(H,21,28)(H,22,25)(H,23,26). The van der Waals surface area contributed by atoms with Crippen LogP contribution in [-0.2, 0) is 9.59 Å². The highest BCUT2D eigenvalue weighted by molar-refractivity contribution is 6.09. The van der Waals surface area contributed by atoms with Gasteiger partial charge < -0.3 is 5.32 Å². The maximum absolute atomic E-state index is 12.8. The van der Waals surface area contributed by atoms with Crippen molar-refractivity contribution in [2.24, 2.45) is 0 Å². The summed E-state index contributed by atoms with van der Waals surface area (Å²) in [6.07, 6.45) is 2.51. The second kappa shape index (κ2) is 8.86. The zero-order valence-electron chi connectivity index (χ0n) is 16.8. The third-order valence-electron chi connectivity index (χ3n) is 4.84. The van der Waals surface area contributed by atoms with E-state index in [-0.39, 0.29) is 0 Å². The van der Waals surface area contributed by atoms with Gasteiger partial charge in [0.25, 0.3) is 17.7 Å². The molecule has 2 rings (SSSR count). The predicted octanol–water partition coefficient (Wildman–Crippen LogP) is 1.96. The number of nitrogens with one attached hydrogen (secondary N) is 3. The molecule has 1 aliphatic heterocycles. The summed E-state index contributed by atoms with van der Waals surface area (Å²) in [7, 11) is 0. The summed E-state index contributed by atoms with van der Waals surface area (Å²) >= 11 is 0. The van der Waals surface area contributed by atoms with Gasteiger partial charge in [-0.3, -0.25) is 30.1 Å². The highest BCUT2D eigenvalue weighted by Crippen LogP contribution is 2.27. The fourth-order valence-corrected chi connectivity index (χ4v) is 3.58. The van der Waals surface area contributed by atoms with E-state index in [1.165, 1.54) is 0 Å². The largest absolute Gasteiger partial charge is 0.325 e. The van der Waals surface area contributed by atoms with Crippen LogP contribution in [0.1, 0.15) is 61.0 Å². The third-order valence-corrected chi connectivity index (χ3v) is 4.84. The number of nitrogens with zero attached hydrogens (tertiary/aromatic N) is 1. The highest BCUT2D eigenvalue weighted by Gasteiger charge is 2.50. The van der Waals surface area contributed by atoms with Crippen LogP contribution in [0.2, 0.25) is 0 Å². The molecular weight excluding hydrogens is 360 g/mol. The Morgan fingerprint density at radius 1 is 1.07 bits per heavy atom. The molecule has 0 spiro atoms. The number of carbonyl (C=O) groups is 4. The van der Waals surface area contributed by atoms with Gasteiger partial charge in [0, 0.05) is 5.56 Å². The van der Waals surface area contributed by atoms with Crippen molar-refractivity contribution in [3.8, 4) is 0 Å². The maximum atomic E-state index is 12.8. The number of imide groups is 1. The molecule has 0 unspecified atom stereocenters. The van der Waals surface area contributed by atoms with E-state index in [1.807, 2.05) is 26.8 Å². The number of benzene rings is 1. The van der Waals surface area contributed by atoms with Crippen LogP contribution >= 0.6 is 0 Å². The zero-order valence-corrected chi connectivity index (χ0v) is 16.8. The molecule has 28 heavy (non-hydrogen) atoms. The molecule has 1 aromatic rings. The highest BCUT2D eigenvalue weighted by atomic mass is 16.2. The van der Waals surface area contributed by atoms with Gasteiger partial charge in [-0.1, -0.05) is 44.4 Å². The molecule has 1 heterocycles. The van der Waals surface area contributed by atoms with E-state index < -0.39 is 35.8 Å². The Bertz CT molecular complexity index is 784. The minimum absolute atomic E-state index is 0.392. The molecule has 0 bridgehead atoms. The van der Waals surface area contributed by atoms with Gasteiger partial charge in [0.05, 0.1) is 0 Å². The summed E-state index contributed by atoms with van der Waals surface area (Å²) in [4.78, 5) is 50.3. The fourth-order valence-electron chi connectivity index (χ4n) is 3.58. The molecule has 152 valence electrons. The monoisotopic (exact) mass is 388 g/mol. The lowest BCUT2D eigenvalue weighted by Gasteiger charge is -2.25. The molecule has 1 aromatic carbocycles. The van der Waals surface area contributed by atoms with Crippen LogP contribution in [0.3, 0.4) is 0 Å². The van der Waals surface area contributed by atoms with Crippen LogP contribution < -0.4 is 16.2 Å². The van der Waals surface area contributed by atoms with Gasteiger partial charge in [0.15, 0.2) is 0 Å². The van der Waals surface area contributed by atoms with Crippen molar-refractivity contribution in [1.82, 2.24) is 21.1 Å². The molecule has 5 amide bonds. The van der Waals surface area contributed by atoms with Crippen LogP contribution in [0.5, 0.6) is 0 Å². The van der Waals surface area contributed by atoms with Gasteiger partial charge in [-0.2, -0.15) is 0 Å². The number of amides is 5. The number of hydrogen-bond donors (Lipinski definition) is 3. The van der Waals surface area contributed by atoms with E-state index in [2.05, 4.69) is 16.2 Å². The van der Waals surface area contributed by atoms with Crippen molar-refractivity contribution < 1.29 is 19.2 Å². The number of hydrogen-bond acceptors (Lipinski definition) is 4. The average molecular weight is 388 g/mol. The molecule has 8 heteroatoms. The van der Waals surface area contributed by atoms with E-state index in [1.54, 1.807) is 19.1 Å². The Hall–Kier alpha value is -2.90. The summed E-state index contributed by atoms with van der Waals surface area (Å²) in [6.45, 7) is 7.15. The number of aryl methyl sites for hydroxylation is 2. The first kappa shape index (κ1) is 21.4. The Morgan fingerprint density at radius 3 is 2.29 bits per heavy atom. The van der Waals surface area contributed by atoms with E-state index in [0.717, 1.165) is 28.9 Å². The molecule has 8 nitrogen and oxygen atoms in total.